The molecule has 6 nitrogen and oxygen atoms in total. The third kappa shape index (κ3) is 4.06. The lowest BCUT2D eigenvalue weighted by molar-refractivity contribution is 0.136. The van der Waals surface area contributed by atoms with Gasteiger partial charge in [-0.05, 0) is 55.2 Å². The summed E-state index contributed by atoms with van der Waals surface area (Å²) in [5, 5.41) is 0.595. The maximum absolute atomic E-state index is 13.0. The number of piperidine rings is 1. The van der Waals surface area contributed by atoms with Crippen LogP contribution < -0.4 is 4.90 Å². The number of hydrogen-bond acceptors (Lipinski definition) is 4. The molecule has 0 aromatic heterocycles. The fourth-order valence-electron chi connectivity index (χ4n) is 4.16. The average molecular weight is 449 g/mol. The Bertz CT molecular complexity index is 1030. The second-order valence-corrected chi connectivity index (χ2v) is 10.1. The van der Waals surface area contributed by atoms with Crippen LogP contribution in [-0.2, 0) is 27.8 Å². The molecule has 1 fully saturated rings. The largest absolute Gasteiger partial charge is 0.444 e. The summed E-state index contributed by atoms with van der Waals surface area (Å²) in [5.41, 5.74) is 2.80. The van der Waals surface area contributed by atoms with Crippen LogP contribution in [0.5, 0.6) is 0 Å². The third-order valence-corrected chi connectivity index (χ3v) is 7.89. The Hall–Kier alpha value is -2.09. The molecule has 2 aliphatic heterocycles. The molecule has 0 saturated carbocycles. The maximum atomic E-state index is 13.0. The van der Waals surface area contributed by atoms with Crippen LogP contribution in [-0.4, -0.2) is 37.9 Å². The SMILES string of the molecule is CCCc1ccc(S(=O)(=O)N2CCC(N3C(=O)OCc4cc(Cl)ccc43)CC2)cc1. The molecule has 0 radical (unpaired) electrons. The first-order valence-corrected chi connectivity index (χ1v) is 12.1. The summed E-state index contributed by atoms with van der Waals surface area (Å²) in [6.45, 7) is 3.01. The number of ether oxygens (including phenoxy) is 1. The topological polar surface area (TPSA) is 66.9 Å². The Morgan fingerprint density at radius 3 is 2.47 bits per heavy atom. The number of amides is 1. The van der Waals surface area contributed by atoms with Crippen LogP contribution in [0, 0.1) is 0 Å². The van der Waals surface area contributed by atoms with Crippen LogP contribution in [0.25, 0.3) is 0 Å². The molecule has 4 rings (SSSR count). The molecule has 2 heterocycles. The van der Waals surface area contributed by atoms with Gasteiger partial charge in [0.2, 0.25) is 10.0 Å². The predicted octanol–water partition coefficient (Wildman–Crippen LogP) is 4.60. The predicted molar refractivity (Wildman–Crippen MR) is 116 cm³/mol. The van der Waals surface area contributed by atoms with Crippen molar-refractivity contribution >= 4 is 33.4 Å². The van der Waals surface area contributed by atoms with Gasteiger partial charge in [-0.25, -0.2) is 13.2 Å². The zero-order chi connectivity index (χ0) is 21.3. The van der Waals surface area contributed by atoms with E-state index in [0.717, 1.165) is 29.7 Å². The standard InChI is InChI=1S/C22H25ClN2O4S/c1-2-3-16-4-7-20(8-5-16)30(27,28)24-12-10-19(11-13-24)25-21-9-6-18(23)14-17(21)15-29-22(25)26/h4-9,14,19H,2-3,10-13,15H2,1H3. The van der Waals surface area contributed by atoms with E-state index in [-0.39, 0.29) is 12.6 Å². The lowest BCUT2D eigenvalue weighted by Gasteiger charge is -2.39. The zero-order valence-electron chi connectivity index (χ0n) is 16.9. The van der Waals surface area contributed by atoms with E-state index >= 15 is 0 Å². The highest BCUT2D eigenvalue weighted by Gasteiger charge is 2.37. The molecule has 8 heteroatoms. The van der Waals surface area contributed by atoms with Crippen molar-refractivity contribution in [2.75, 3.05) is 18.0 Å². The minimum atomic E-state index is -3.55. The summed E-state index contributed by atoms with van der Waals surface area (Å²) >= 11 is 6.07. The number of anilines is 1. The van der Waals surface area contributed by atoms with Crippen LogP contribution in [0.3, 0.4) is 0 Å². The minimum absolute atomic E-state index is 0.115. The molecule has 1 amide bonds. The fraction of sp³-hybridized carbons (Fsp3) is 0.409. The minimum Gasteiger partial charge on any atom is -0.444 e. The molecule has 2 aromatic rings. The molecule has 0 bridgehead atoms. The maximum Gasteiger partial charge on any atom is 0.414 e. The van der Waals surface area contributed by atoms with Crippen molar-refractivity contribution in [3.8, 4) is 0 Å². The molecule has 160 valence electrons. The number of halogens is 1. The van der Waals surface area contributed by atoms with Crippen molar-refractivity contribution in [3.05, 3.63) is 58.6 Å². The smallest absolute Gasteiger partial charge is 0.414 e. The third-order valence-electron chi connectivity index (χ3n) is 5.74. The molecule has 1 saturated heterocycles. The molecule has 2 aliphatic rings. The van der Waals surface area contributed by atoms with Gasteiger partial charge in [0.1, 0.15) is 6.61 Å². The van der Waals surface area contributed by atoms with Gasteiger partial charge in [-0.3, -0.25) is 4.90 Å². The van der Waals surface area contributed by atoms with Crippen LogP contribution in [0.1, 0.15) is 37.3 Å². The van der Waals surface area contributed by atoms with E-state index in [0.29, 0.717) is 35.8 Å². The van der Waals surface area contributed by atoms with Crippen molar-refractivity contribution in [3.63, 3.8) is 0 Å². The Balaban J connectivity index is 1.48. The molecular formula is C22H25ClN2O4S. The molecule has 0 N–H and O–H groups in total. The molecule has 0 atom stereocenters. The van der Waals surface area contributed by atoms with Crippen LogP contribution >= 0.6 is 11.6 Å². The number of carbonyl (C=O) groups excluding carboxylic acids is 1. The number of rotatable bonds is 5. The van der Waals surface area contributed by atoms with Gasteiger partial charge in [0, 0.05) is 29.7 Å². The number of cyclic esters (lactones) is 1. The fourth-order valence-corrected chi connectivity index (χ4v) is 5.83. The summed E-state index contributed by atoms with van der Waals surface area (Å²) in [7, 11) is -3.55. The van der Waals surface area contributed by atoms with Crippen molar-refractivity contribution < 1.29 is 17.9 Å². The van der Waals surface area contributed by atoms with Crippen LogP contribution in [0.4, 0.5) is 10.5 Å². The normalized spacial score (nSPS) is 18.2. The first kappa shape index (κ1) is 21.2. The van der Waals surface area contributed by atoms with Gasteiger partial charge < -0.3 is 4.74 Å². The van der Waals surface area contributed by atoms with Crippen molar-refractivity contribution in [1.29, 1.82) is 0 Å². The highest BCUT2D eigenvalue weighted by Crippen LogP contribution is 2.34. The number of hydrogen-bond donors (Lipinski definition) is 0. The molecule has 2 aromatic carbocycles. The summed E-state index contributed by atoms with van der Waals surface area (Å²) in [6, 6.07) is 12.4. The van der Waals surface area contributed by atoms with Gasteiger partial charge in [-0.2, -0.15) is 4.31 Å². The number of benzene rings is 2. The van der Waals surface area contributed by atoms with Crippen molar-refractivity contribution in [2.24, 2.45) is 0 Å². The van der Waals surface area contributed by atoms with E-state index in [1.807, 2.05) is 18.2 Å². The molecule has 0 spiro atoms. The lowest BCUT2D eigenvalue weighted by Crippen LogP contribution is -2.50. The quantitative estimate of drug-likeness (QED) is 0.670. The Morgan fingerprint density at radius 2 is 1.80 bits per heavy atom. The zero-order valence-corrected chi connectivity index (χ0v) is 18.5. The highest BCUT2D eigenvalue weighted by molar-refractivity contribution is 7.89. The molecule has 0 aliphatic carbocycles. The second-order valence-electron chi connectivity index (χ2n) is 7.73. The van der Waals surface area contributed by atoms with E-state index < -0.39 is 16.1 Å². The number of aryl methyl sites for hydroxylation is 1. The van der Waals surface area contributed by atoms with Gasteiger partial charge in [-0.15, -0.1) is 0 Å². The van der Waals surface area contributed by atoms with Crippen molar-refractivity contribution in [1.82, 2.24) is 4.31 Å². The van der Waals surface area contributed by atoms with E-state index in [1.54, 1.807) is 29.2 Å². The summed E-state index contributed by atoms with van der Waals surface area (Å²) in [4.78, 5) is 14.4. The van der Waals surface area contributed by atoms with E-state index in [4.69, 9.17) is 16.3 Å². The average Bonchev–Trinajstić information content (AvgIpc) is 2.74. The summed E-state index contributed by atoms with van der Waals surface area (Å²) in [6.07, 6.45) is 2.66. The summed E-state index contributed by atoms with van der Waals surface area (Å²) < 4.78 is 32.9. The van der Waals surface area contributed by atoms with Crippen molar-refractivity contribution in [2.45, 2.75) is 50.2 Å². The molecular weight excluding hydrogens is 424 g/mol. The van der Waals surface area contributed by atoms with E-state index in [2.05, 4.69) is 6.92 Å². The van der Waals surface area contributed by atoms with Crippen LogP contribution in [0.2, 0.25) is 5.02 Å². The van der Waals surface area contributed by atoms with E-state index in [1.165, 1.54) is 4.31 Å². The number of nitrogens with zero attached hydrogens (tertiary/aromatic N) is 2. The van der Waals surface area contributed by atoms with Gasteiger partial charge in [0.25, 0.3) is 0 Å². The Kier molecular flexibility index (Phi) is 6.04. The first-order valence-electron chi connectivity index (χ1n) is 10.2. The summed E-state index contributed by atoms with van der Waals surface area (Å²) in [5.74, 6) is 0. The number of fused-ring (bicyclic) bond motifs is 1. The first-order chi connectivity index (χ1) is 14.4. The number of sulfonamides is 1. The lowest BCUT2D eigenvalue weighted by atomic mass is 10.0. The number of carbonyl (C=O) groups is 1. The molecule has 0 unspecified atom stereocenters. The second kappa shape index (κ2) is 8.57. The van der Waals surface area contributed by atoms with Crippen LogP contribution in [0.15, 0.2) is 47.4 Å². The van der Waals surface area contributed by atoms with Gasteiger partial charge in [0.15, 0.2) is 0 Å². The highest BCUT2D eigenvalue weighted by atomic mass is 35.5. The monoisotopic (exact) mass is 448 g/mol. The van der Waals surface area contributed by atoms with E-state index in [9.17, 15) is 13.2 Å². The van der Waals surface area contributed by atoms with Gasteiger partial charge >= 0.3 is 6.09 Å². The Labute approximate surface area is 182 Å². The Morgan fingerprint density at radius 1 is 1.10 bits per heavy atom. The van der Waals surface area contributed by atoms with Gasteiger partial charge in [-0.1, -0.05) is 37.1 Å². The van der Waals surface area contributed by atoms with Gasteiger partial charge in [0.05, 0.1) is 10.6 Å². The molecule has 30 heavy (non-hydrogen) atoms.